The highest BCUT2D eigenvalue weighted by molar-refractivity contribution is 6.30. The molecule has 134 valence electrons. The first kappa shape index (κ1) is 18.1. The molecule has 3 rings (SSSR count). The van der Waals surface area contributed by atoms with Gasteiger partial charge in [0.1, 0.15) is 11.5 Å². The SMILES string of the molecule is COc1ccc([C@@H]2CCCN2C[C@H](O)c2ccc(Cl)cc2)c(OC)c1. The first-order valence-corrected chi connectivity index (χ1v) is 8.89. The van der Waals surface area contributed by atoms with Crippen molar-refractivity contribution in [3.8, 4) is 11.5 Å². The fourth-order valence-corrected chi connectivity index (χ4v) is 3.63. The maximum Gasteiger partial charge on any atom is 0.127 e. The lowest BCUT2D eigenvalue weighted by Crippen LogP contribution is -2.28. The van der Waals surface area contributed by atoms with Gasteiger partial charge in [0.2, 0.25) is 0 Å². The van der Waals surface area contributed by atoms with Crippen molar-refractivity contribution in [3.63, 3.8) is 0 Å². The van der Waals surface area contributed by atoms with Crippen LogP contribution in [0.25, 0.3) is 0 Å². The highest BCUT2D eigenvalue weighted by Gasteiger charge is 2.30. The quantitative estimate of drug-likeness (QED) is 0.836. The van der Waals surface area contributed by atoms with Gasteiger partial charge < -0.3 is 14.6 Å². The zero-order chi connectivity index (χ0) is 17.8. The van der Waals surface area contributed by atoms with Crippen LogP contribution in [-0.2, 0) is 0 Å². The van der Waals surface area contributed by atoms with E-state index in [1.54, 1.807) is 14.2 Å². The summed E-state index contributed by atoms with van der Waals surface area (Å²) in [5.41, 5.74) is 2.03. The molecule has 0 bridgehead atoms. The molecular formula is C20H24ClNO3. The summed E-state index contributed by atoms with van der Waals surface area (Å²) in [4.78, 5) is 2.32. The normalized spacial score (nSPS) is 19.0. The molecule has 2 aromatic rings. The predicted octanol–water partition coefficient (Wildman–Crippen LogP) is 4.23. The smallest absolute Gasteiger partial charge is 0.127 e. The van der Waals surface area contributed by atoms with Gasteiger partial charge in [-0.3, -0.25) is 4.90 Å². The maximum absolute atomic E-state index is 10.6. The highest BCUT2D eigenvalue weighted by atomic mass is 35.5. The van der Waals surface area contributed by atoms with Gasteiger partial charge in [-0.15, -0.1) is 0 Å². The molecule has 2 aromatic carbocycles. The van der Waals surface area contributed by atoms with E-state index in [1.165, 1.54) is 0 Å². The zero-order valence-corrected chi connectivity index (χ0v) is 15.4. The van der Waals surface area contributed by atoms with Crippen LogP contribution in [-0.4, -0.2) is 37.3 Å². The van der Waals surface area contributed by atoms with Crippen LogP contribution in [0.2, 0.25) is 5.02 Å². The van der Waals surface area contributed by atoms with E-state index in [0.717, 1.165) is 42.0 Å². The van der Waals surface area contributed by atoms with Crippen molar-refractivity contribution >= 4 is 11.6 Å². The van der Waals surface area contributed by atoms with Crippen molar-refractivity contribution in [2.45, 2.75) is 25.0 Å². The molecule has 1 N–H and O–H groups in total. The molecule has 2 atom stereocenters. The minimum absolute atomic E-state index is 0.239. The molecule has 0 spiro atoms. The Morgan fingerprint density at radius 1 is 1.16 bits per heavy atom. The van der Waals surface area contributed by atoms with Gasteiger partial charge in [-0.1, -0.05) is 29.8 Å². The number of halogens is 1. The molecule has 1 heterocycles. The van der Waals surface area contributed by atoms with E-state index in [-0.39, 0.29) is 6.04 Å². The summed E-state index contributed by atoms with van der Waals surface area (Å²) in [5, 5.41) is 11.3. The summed E-state index contributed by atoms with van der Waals surface area (Å²) in [5.74, 6) is 1.61. The van der Waals surface area contributed by atoms with Gasteiger partial charge in [0, 0.05) is 29.2 Å². The van der Waals surface area contributed by atoms with Crippen molar-refractivity contribution in [2.75, 3.05) is 27.3 Å². The molecule has 0 amide bonds. The fourth-order valence-electron chi connectivity index (χ4n) is 3.50. The number of β-amino-alcohol motifs (C(OH)–C–C–N with tert-alkyl or cyclic N) is 1. The Balaban J connectivity index is 1.77. The van der Waals surface area contributed by atoms with Gasteiger partial charge >= 0.3 is 0 Å². The number of benzene rings is 2. The minimum atomic E-state index is -0.540. The lowest BCUT2D eigenvalue weighted by atomic mass is 10.0. The Kier molecular flexibility index (Phi) is 5.84. The molecule has 0 aliphatic carbocycles. The number of aliphatic hydroxyl groups excluding tert-OH is 1. The molecule has 0 aromatic heterocycles. The zero-order valence-electron chi connectivity index (χ0n) is 14.6. The van der Waals surface area contributed by atoms with E-state index in [1.807, 2.05) is 36.4 Å². The highest BCUT2D eigenvalue weighted by Crippen LogP contribution is 2.39. The van der Waals surface area contributed by atoms with Crippen molar-refractivity contribution in [3.05, 3.63) is 58.6 Å². The van der Waals surface area contributed by atoms with E-state index < -0.39 is 6.10 Å². The van der Waals surface area contributed by atoms with Gasteiger partial charge in [0.05, 0.1) is 20.3 Å². The van der Waals surface area contributed by atoms with Crippen LogP contribution in [0.3, 0.4) is 0 Å². The summed E-state index contributed by atoms with van der Waals surface area (Å²) in [6.45, 7) is 1.55. The summed E-state index contributed by atoms with van der Waals surface area (Å²) < 4.78 is 10.9. The molecule has 4 nitrogen and oxygen atoms in total. The number of rotatable bonds is 6. The Morgan fingerprint density at radius 2 is 1.92 bits per heavy atom. The number of nitrogens with zero attached hydrogens (tertiary/aromatic N) is 1. The molecule has 0 saturated carbocycles. The second-order valence-electron chi connectivity index (χ2n) is 6.33. The minimum Gasteiger partial charge on any atom is -0.497 e. The number of hydrogen-bond donors (Lipinski definition) is 1. The third kappa shape index (κ3) is 4.09. The molecule has 1 aliphatic rings. The first-order valence-electron chi connectivity index (χ1n) is 8.52. The Hall–Kier alpha value is -1.75. The second kappa shape index (κ2) is 8.09. The average molecular weight is 362 g/mol. The van der Waals surface area contributed by atoms with Crippen LogP contribution >= 0.6 is 11.6 Å². The van der Waals surface area contributed by atoms with Gasteiger partial charge in [-0.2, -0.15) is 0 Å². The number of ether oxygens (including phenoxy) is 2. The van der Waals surface area contributed by atoms with Gasteiger partial charge in [0.25, 0.3) is 0 Å². The molecule has 1 saturated heterocycles. The molecular weight excluding hydrogens is 338 g/mol. The predicted molar refractivity (Wildman–Crippen MR) is 99.5 cm³/mol. The van der Waals surface area contributed by atoms with Gasteiger partial charge in [0.15, 0.2) is 0 Å². The van der Waals surface area contributed by atoms with Gasteiger partial charge in [-0.25, -0.2) is 0 Å². The first-order chi connectivity index (χ1) is 12.1. The Bertz CT molecular complexity index is 705. The largest absolute Gasteiger partial charge is 0.497 e. The monoisotopic (exact) mass is 361 g/mol. The molecule has 1 aliphatic heterocycles. The lowest BCUT2D eigenvalue weighted by Gasteiger charge is -2.28. The summed E-state index contributed by atoms with van der Waals surface area (Å²) in [7, 11) is 3.33. The van der Waals surface area contributed by atoms with Crippen LogP contribution in [0.4, 0.5) is 0 Å². The van der Waals surface area contributed by atoms with Crippen molar-refractivity contribution in [1.29, 1.82) is 0 Å². The van der Waals surface area contributed by atoms with Crippen LogP contribution in [0.15, 0.2) is 42.5 Å². The van der Waals surface area contributed by atoms with Crippen LogP contribution in [0.5, 0.6) is 11.5 Å². The number of methoxy groups -OCH3 is 2. The van der Waals surface area contributed by atoms with Crippen LogP contribution in [0.1, 0.15) is 36.1 Å². The maximum atomic E-state index is 10.6. The third-order valence-electron chi connectivity index (χ3n) is 4.83. The van der Waals surface area contributed by atoms with E-state index in [0.29, 0.717) is 11.6 Å². The van der Waals surface area contributed by atoms with Gasteiger partial charge in [-0.05, 0) is 43.1 Å². The Labute approximate surface area is 153 Å². The van der Waals surface area contributed by atoms with Crippen LogP contribution in [0, 0.1) is 0 Å². The van der Waals surface area contributed by atoms with Crippen LogP contribution < -0.4 is 9.47 Å². The standard InChI is InChI=1S/C20H24ClNO3/c1-24-16-9-10-17(20(12-16)25-2)18-4-3-11-22(18)13-19(23)14-5-7-15(21)8-6-14/h5-10,12,18-19,23H,3-4,11,13H2,1-2H3/t18-,19-/m0/s1. The number of hydrogen-bond acceptors (Lipinski definition) is 4. The third-order valence-corrected chi connectivity index (χ3v) is 5.08. The molecule has 1 fully saturated rings. The molecule has 0 unspecified atom stereocenters. The van der Waals surface area contributed by atoms with Crippen molar-refractivity contribution in [1.82, 2.24) is 4.90 Å². The van der Waals surface area contributed by atoms with Crippen molar-refractivity contribution in [2.24, 2.45) is 0 Å². The van der Waals surface area contributed by atoms with E-state index in [4.69, 9.17) is 21.1 Å². The van der Waals surface area contributed by atoms with E-state index >= 15 is 0 Å². The summed E-state index contributed by atoms with van der Waals surface area (Å²) in [6.07, 6.45) is 1.62. The number of likely N-dealkylation sites (tertiary alicyclic amines) is 1. The Morgan fingerprint density at radius 3 is 2.60 bits per heavy atom. The fraction of sp³-hybridized carbons (Fsp3) is 0.400. The second-order valence-corrected chi connectivity index (χ2v) is 6.76. The average Bonchev–Trinajstić information content (AvgIpc) is 3.09. The lowest BCUT2D eigenvalue weighted by molar-refractivity contribution is 0.105. The molecule has 25 heavy (non-hydrogen) atoms. The number of aliphatic hydroxyl groups is 1. The summed E-state index contributed by atoms with van der Waals surface area (Å²) in [6, 6.07) is 13.6. The van der Waals surface area contributed by atoms with E-state index in [2.05, 4.69) is 11.0 Å². The molecule has 5 heteroatoms. The van der Waals surface area contributed by atoms with E-state index in [9.17, 15) is 5.11 Å². The summed E-state index contributed by atoms with van der Waals surface area (Å²) >= 11 is 5.93. The topological polar surface area (TPSA) is 41.9 Å². The van der Waals surface area contributed by atoms with Crippen molar-refractivity contribution < 1.29 is 14.6 Å². The molecule has 0 radical (unpaired) electrons.